The van der Waals surface area contributed by atoms with Gasteiger partial charge in [-0.3, -0.25) is 4.68 Å². The van der Waals surface area contributed by atoms with E-state index < -0.39 is 0 Å². The maximum atomic E-state index is 5.47. The molecule has 0 aliphatic heterocycles. The largest absolute Gasteiger partial charge is 0.404 e. The molecular weight excluding hydrogens is 248 g/mol. The molecule has 0 amide bonds. The summed E-state index contributed by atoms with van der Waals surface area (Å²) in [5, 5.41) is 6.97. The molecule has 2 aromatic heterocycles. The summed E-state index contributed by atoms with van der Waals surface area (Å²) in [5.74, 6) is 1.57. The molecule has 0 aromatic carbocycles. The van der Waals surface area contributed by atoms with Gasteiger partial charge in [-0.25, -0.2) is 4.98 Å². The molecule has 0 saturated heterocycles. The standard InChI is InChI=1S/C11H16N6O2/c1-4-18-6-9-14-8(12-2)5-10(15-9)19-11-13-7-17(3)16-11/h5,7H,4,6H2,1-3H3,(H,12,14,15). The van der Waals surface area contributed by atoms with Crippen LogP contribution < -0.4 is 10.1 Å². The number of rotatable bonds is 6. The van der Waals surface area contributed by atoms with Gasteiger partial charge < -0.3 is 14.8 Å². The summed E-state index contributed by atoms with van der Waals surface area (Å²) in [7, 11) is 3.54. The summed E-state index contributed by atoms with van der Waals surface area (Å²) in [6, 6.07) is 1.91. The van der Waals surface area contributed by atoms with Crippen molar-refractivity contribution in [3.05, 3.63) is 18.2 Å². The minimum atomic E-state index is 0.241. The van der Waals surface area contributed by atoms with Crippen molar-refractivity contribution < 1.29 is 9.47 Å². The summed E-state index contributed by atoms with van der Waals surface area (Å²) < 4.78 is 12.3. The van der Waals surface area contributed by atoms with Crippen molar-refractivity contribution in [3.8, 4) is 11.9 Å². The van der Waals surface area contributed by atoms with Crippen molar-refractivity contribution in [1.29, 1.82) is 0 Å². The highest BCUT2D eigenvalue weighted by molar-refractivity contribution is 5.38. The van der Waals surface area contributed by atoms with Gasteiger partial charge in [-0.05, 0) is 6.92 Å². The number of nitrogens with zero attached hydrogens (tertiary/aromatic N) is 5. The molecule has 19 heavy (non-hydrogen) atoms. The van der Waals surface area contributed by atoms with Crippen LogP contribution in [0.25, 0.3) is 0 Å². The molecule has 1 N–H and O–H groups in total. The molecule has 0 aliphatic rings. The maximum absolute atomic E-state index is 5.47. The van der Waals surface area contributed by atoms with Gasteiger partial charge in [0.25, 0.3) is 0 Å². The normalized spacial score (nSPS) is 10.5. The molecule has 102 valence electrons. The Labute approximate surface area is 110 Å². The highest BCUT2D eigenvalue weighted by Crippen LogP contribution is 2.18. The molecule has 2 heterocycles. The average Bonchev–Trinajstić information content (AvgIpc) is 2.81. The van der Waals surface area contributed by atoms with E-state index in [1.807, 2.05) is 6.92 Å². The lowest BCUT2D eigenvalue weighted by atomic mass is 10.5. The number of hydrogen-bond donors (Lipinski definition) is 1. The molecule has 0 fully saturated rings. The molecule has 8 heteroatoms. The first-order valence-corrected chi connectivity index (χ1v) is 5.88. The summed E-state index contributed by atoms with van der Waals surface area (Å²) in [4.78, 5) is 12.5. The van der Waals surface area contributed by atoms with Crippen LogP contribution in [-0.4, -0.2) is 38.4 Å². The summed E-state index contributed by atoms with van der Waals surface area (Å²) in [6.45, 7) is 2.85. The summed E-state index contributed by atoms with van der Waals surface area (Å²) in [6.07, 6.45) is 1.55. The minimum absolute atomic E-state index is 0.241. The first-order chi connectivity index (χ1) is 9.21. The predicted molar refractivity (Wildman–Crippen MR) is 68.0 cm³/mol. The molecular formula is C11H16N6O2. The summed E-state index contributed by atoms with van der Waals surface area (Å²) in [5.41, 5.74) is 0. The topological polar surface area (TPSA) is 87.0 Å². The van der Waals surface area contributed by atoms with Gasteiger partial charge in [0.15, 0.2) is 5.82 Å². The lowest BCUT2D eigenvalue weighted by Gasteiger charge is -2.07. The minimum Gasteiger partial charge on any atom is -0.404 e. The van der Waals surface area contributed by atoms with Gasteiger partial charge in [0.2, 0.25) is 5.88 Å². The van der Waals surface area contributed by atoms with E-state index in [1.165, 1.54) is 0 Å². The molecule has 0 aliphatic carbocycles. The van der Waals surface area contributed by atoms with Gasteiger partial charge in [-0.1, -0.05) is 0 Å². The van der Waals surface area contributed by atoms with Crippen LogP contribution in [-0.2, 0) is 18.4 Å². The van der Waals surface area contributed by atoms with E-state index in [1.54, 1.807) is 31.2 Å². The highest BCUT2D eigenvalue weighted by Gasteiger charge is 2.08. The molecule has 0 radical (unpaired) electrons. The Hall–Kier alpha value is -2.22. The molecule has 8 nitrogen and oxygen atoms in total. The maximum Gasteiger partial charge on any atom is 0.342 e. The van der Waals surface area contributed by atoms with Crippen LogP contribution >= 0.6 is 0 Å². The van der Waals surface area contributed by atoms with Crippen LogP contribution in [0.15, 0.2) is 12.4 Å². The zero-order valence-electron chi connectivity index (χ0n) is 11.1. The quantitative estimate of drug-likeness (QED) is 0.831. The zero-order chi connectivity index (χ0) is 13.7. The van der Waals surface area contributed by atoms with Gasteiger partial charge in [0, 0.05) is 26.8 Å². The highest BCUT2D eigenvalue weighted by atomic mass is 16.5. The van der Waals surface area contributed by atoms with Crippen LogP contribution in [0.3, 0.4) is 0 Å². The van der Waals surface area contributed by atoms with E-state index in [9.17, 15) is 0 Å². The Balaban J connectivity index is 2.18. The second-order valence-corrected chi connectivity index (χ2v) is 3.70. The third-order valence-electron chi connectivity index (χ3n) is 2.21. The fourth-order valence-corrected chi connectivity index (χ4v) is 1.37. The van der Waals surface area contributed by atoms with Crippen LogP contribution in [0, 0.1) is 0 Å². The average molecular weight is 264 g/mol. The molecule has 0 atom stereocenters. The Bertz CT molecular complexity index is 542. The van der Waals surface area contributed by atoms with E-state index in [0.717, 1.165) is 0 Å². The first-order valence-electron chi connectivity index (χ1n) is 5.88. The van der Waals surface area contributed by atoms with Crippen LogP contribution in [0.5, 0.6) is 11.9 Å². The lowest BCUT2D eigenvalue weighted by Crippen LogP contribution is -2.04. The fraction of sp³-hybridized carbons (Fsp3) is 0.455. The first kappa shape index (κ1) is 13.2. The Morgan fingerprint density at radius 3 is 2.84 bits per heavy atom. The Morgan fingerprint density at radius 1 is 1.37 bits per heavy atom. The third kappa shape index (κ3) is 3.62. The van der Waals surface area contributed by atoms with E-state index in [-0.39, 0.29) is 6.01 Å². The number of aromatic nitrogens is 5. The second-order valence-electron chi connectivity index (χ2n) is 3.70. The van der Waals surface area contributed by atoms with E-state index in [0.29, 0.717) is 30.7 Å². The smallest absolute Gasteiger partial charge is 0.342 e. The zero-order valence-corrected chi connectivity index (χ0v) is 11.1. The molecule has 2 rings (SSSR count). The van der Waals surface area contributed by atoms with Crippen molar-refractivity contribution >= 4 is 5.82 Å². The van der Waals surface area contributed by atoms with Crippen molar-refractivity contribution in [2.75, 3.05) is 19.0 Å². The SMILES string of the molecule is CCOCc1nc(NC)cc(Oc2ncn(C)n2)n1. The molecule has 0 saturated carbocycles. The van der Waals surface area contributed by atoms with Gasteiger partial charge in [-0.2, -0.15) is 9.97 Å². The van der Waals surface area contributed by atoms with Crippen LogP contribution in [0.2, 0.25) is 0 Å². The fourth-order valence-electron chi connectivity index (χ4n) is 1.37. The number of aryl methyl sites for hydroxylation is 1. The van der Waals surface area contributed by atoms with Crippen LogP contribution in [0.4, 0.5) is 5.82 Å². The third-order valence-corrected chi connectivity index (χ3v) is 2.21. The van der Waals surface area contributed by atoms with E-state index in [4.69, 9.17) is 9.47 Å². The predicted octanol–water partition coefficient (Wildman–Crippen LogP) is 0.976. The number of hydrogen-bond acceptors (Lipinski definition) is 7. The van der Waals surface area contributed by atoms with E-state index in [2.05, 4.69) is 25.4 Å². The van der Waals surface area contributed by atoms with Crippen molar-refractivity contribution in [2.45, 2.75) is 13.5 Å². The molecule has 0 unspecified atom stereocenters. The van der Waals surface area contributed by atoms with Gasteiger partial charge >= 0.3 is 6.01 Å². The van der Waals surface area contributed by atoms with Crippen molar-refractivity contribution in [3.63, 3.8) is 0 Å². The monoisotopic (exact) mass is 264 g/mol. The van der Waals surface area contributed by atoms with Crippen molar-refractivity contribution in [1.82, 2.24) is 24.7 Å². The van der Waals surface area contributed by atoms with Gasteiger partial charge in [0.05, 0.1) is 0 Å². The molecule has 2 aromatic rings. The summed E-state index contributed by atoms with van der Waals surface area (Å²) >= 11 is 0. The lowest BCUT2D eigenvalue weighted by molar-refractivity contribution is 0.128. The van der Waals surface area contributed by atoms with Crippen molar-refractivity contribution in [2.24, 2.45) is 7.05 Å². The van der Waals surface area contributed by atoms with Crippen LogP contribution in [0.1, 0.15) is 12.7 Å². The second kappa shape index (κ2) is 6.10. The number of ether oxygens (including phenoxy) is 2. The number of anilines is 1. The molecule has 0 spiro atoms. The van der Waals surface area contributed by atoms with Gasteiger partial charge in [-0.15, -0.1) is 5.10 Å². The van der Waals surface area contributed by atoms with E-state index >= 15 is 0 Å². The molecule has 0 bridgehead atoms. The van der Waals surface area contributed by atoms with Gasteiger partial charge in [0.1, 0.15) is 18.8 Å². The number of nitrogens with one attached hydrogen (secondary N) is 1. The Kier molecular flexibility index (Phi) is 4.24. The Morgan fingerprint density at radius 2 is 2.21 bits per heavy atom.